The number of methoxy groups -OCH3 is 1. The van der Waals surface area contributed by atoms with Crippen molar-refractivity contribution in [3.8, 4) is 0 Å². The minimum atomic E-state index is -0.346. The van der Waals surface area contributed by atoms with E-state index in [2.05, 4.69) is 22.7 Å². The predicted molar refractivity (Wildman–Crippen MR) is 50.6 cm³/mol. The Hall–Kier alpha value is -0.380. The smallest absolute Gasteiger partial charge is 0.407 e. The first-order valence-corrected chi connectivity index (χ1v) is 4.78. The number of hydrogen-bond donors (Lipinski definition) is 2. The van der Waals surface area contributed by atoms with Crippen LogP contribution in [0.2, 0.25) is 0 Å². The molecule has 0 aromatic rings. The zero-order valence-corrected chi connectivity index (χ0v) is 8.14. The molecule has 2 unspecified atom stereocenters. The number of ether oxygens (including phenoxy) is 1. The molecule has 1 N–H and O–H groups in total. The average molecular weight is 189 g/mol. The Morgan fingerprint density at radius 1 is 1.50 bits per heavy atom. The van der Waals surface area contributed by atoms with Crippen LogP contribution in [-0.4, -0.2) is 24.5 Å². The van der Waals surface area contributed by atoms with Crippen molar-refractivity contribution in [2.45, 2.75) is 37.0 Å². The van der Waals surface area contributed by atoms with Crippen LogP contribution >= 0.6 is 12.6 Å². The van der Waals surface area contributed by atoms with Crippen molar-refractivity contribution < 1.29 is 9.53 Å². The van der Waals surface area contributed by atoms with E-state index in [9.17, 15) is 4.79 Å². The highest BCUT2D eigenvalue weighted by Crippen LogP contribution is 2.22. The number of hydrogen-bond acceptors (Lipinski definition) is 3. The van der Waals surface area contributed by atoms with Crippen LogP contribution in [0, 0.1) is 0 Å². The van der Waals surface area contributed by atoms with Crippen molar-refractivity contribution in [2.75, 3.05) is 7.11 Å². The molecule has 4 heteroatoms. The summed E-state index contributed by atoms with van der Waals surface area (Å²) in [5, 5.41) is 3.07. The lowest BCUT2D eigenvalue weighted by molar-refractivity contribution is 0.164. The Bertz CT molecular complexity index is 163. The highest BCUT2D eigenvalue weighted by Gasteiger charge is 2.23. The van der Waals surface area contributed by atoms with Crippen molar-refractivity contribution in [1.82, 2.24) is 5.32 Å². The zero-order valence-electron chi connectivity index (χ0n) is 7.25. The highest BCUT2D eigenvalue weighted by molar-refractivity contribution is 7.81. The molecule has 1 aliphatic carbocycles. The van der Waals surface area contributed by atoms with Gasteiger partial charge in [0.1, 0.15) is 0 Å². The molecule has 0 aromatic heterocycles. The highest BCUT2D eigenvalue weighted by atomic mass is 32.1. The molecular weight excluding hydrogens is 174 g/mol. The number of amides is 1. The number of alkyl carbamates (subject to hydrolysis) is 1. The van der Waals surface area contributed by atoms with Gasteiger partial charge in [0, 0.05) is 11.3 Å². The van der Waals surface area contributed by atoms with E-state index in [4.69, 9.17) is 0 Å². The lowest BCUT2D eigenvalue weighted by Crippen LogP contribution is -2.42. The van der Waals surface area contributed by atoms with E-state index in [-0.39, 0.29) is 17.4 Å². The van der Waals surface area contributed by atoms with Crippen LogP contribution in [-0.2, 0) is 4.74 Å². The molecule has 70 valence electrons. The zero-order chi connectivity index (χ0) is 8.97. The summed E-state index contributed by atoms with van der Waals surface area (Å²) >= 11 is 4.40. The Labute approximate surface area is 78.3 Å². The third-order valence-electron chi connectivity index (χ3n) is 2.22. The van der Waals surface area contributed by atoms with Gasteiger partial charge >= 0.3 is 6.09 Å². The summed E-state index contributed by atoms with van der Waals surface area (Å²) in [5.74, 6) is 0. The summed E-state index contributed by atoms with van der Waals surface area (Å²) < 4.78 is 4.52. The second-order valence-corrected chi connectivity index (χ2v) is 3.76. The van der Waals surface area contributed by atoms with Crippen molar-refractivity contribution >= 4 is 18.7 Å². The third kappa shape index (κ3) is 2.59. The van der Waals surface area contributed by atoms with Gasteiger partial charge in [-0.1, -0.05) is 12.8 Å². The van der Waals surface area contributed by atoms with Crippen molar-refractivity contribution in [2.24, 2.45) is 0 Å². The van der Waals surface area contributed by atoms with Crippen LogP contribution in [0.5, 0.6) is 0 Å². The summed E-state index contributed by atoms with van der Waals surface area (Å²) in [6.45, 7) is 0. The van der Waals surface area contributed by atoms with E-state index >= 15 is 0 Å². The predicted octanol–water partition coefficient (Wildman–Crippen LogP) is 1.58. The Morgan fingerprint density at radius 3 is 2.75 bits per heavy atom. The second-order valence-electron chi connectivity index (χ2n) is 3.09. The Kier molecular flexibility index (Phi) is 3.72. The average Bonchev–Trinajstić information content (AvgIpc) is 2.09. The van der Waals surface area contributed by atoms with E-state index < -0.39 is 0 Å². The molecule has 2 atom stereocenters. The summed E-state index contributed by atoms with van der Waals surface area (Å²) in [5.41, 5.74) is 0. The number of thiol groups is 1. The first-order valence-electron chi connectivity index (χ1n) is 4.26. The minimum absolute atomic E-state index is 0.189. The molecule has 1 amide bonds. The van der Waals surface area contributed by atoms with Crippen LogP contribution < -0.4 is 5.32 Å². The summed E-state index contributed by atoms with van der Waals surface area (Å²) in [6.07, 6.45) is 4.14. The maximum atomic E-state index is 10.9. The molecule has 0 spiro atoms. The molecule has 1 saturated carbocycles. The van der Waals surface area contributed by atoms with E-state index in [1.165, 1.54) is 20.0 Å². The SMILES string of the molecule is COC(=O)NC1CCCCC1S. The van der Waals surface area contributed by atoms with Gasteiger partial charge in [-0.25, -0.2) is 4.79 Å². The second kappa shape index (κ2) is 4.60. The molecule has 0 bridgehead atoms. The first-order chi connectivity index (χ1) is 5.74. The van der Waals surface area contributed by atoms with Gasteiger partial charge in [-0.15, -0.1) is 0 Å². The Morgan fingerprint density at radius 2 is 2.17 bits per heavy atom. The van der Waals surface area contributed by atoms with Gasteiger partial charge in [-0.2, -0.15) is 12.6 Å². The van der Waals surface area contributed by atoms with Gasteiger partial charge in [0.05, 0.1) is 7.11 Å². The summed E-state index contributed by atoms with van der Waals surface area (Å²) in [6, 6.07) is 0.189. The Balaban J connectivity index is 2.33. The molecule has 0 radical (unpaired) electrons. The van der Waals surface area contributed by atoms with Crippen LogP contribution in [0.1, 0.15) is 25.7 Å². The fraction of sp³-hybridized carbons (Fsp3) is 0.875. The van der Waals surface area contributed by atoms with Crippen molar-refractivity contribution in [3.05, 3.63) is 0 Å². The van der Waals surface area contributed by atoms with Crippen LogP contribution in [0.25, 0.3) is 0 Å². The molecule has 0 aliphatic heterocycles. The van der Waals surface area contributed by atoms with Gasteiger partial charge in [0.2, 0.25) is 0 Å². The number of carbonyl (C=O) groups excluding carboxylic acids is 1. The maximum absolute atomic E-state index is 10.9. The summed E-state index contributed by atoms with van der Waals surface area (Å²) in [7, 11) is 1.38. The van der Waals surface area contributed by atoms with Crippen LogP contribution in [0.3, 0.4) is 0 Å². The molecule has 1 fully saturated rings. The molecule has 1 rings (SSSR count). The third-order valence-corrected chi connectivity index (χ3v) is 2.84. The lowest BCUT2D eigenvalue weighted by atomic mass is 9.95. The summed E-state index contributed by atoms with van der Waals surface area (Å²) in [4.78, 5) is 10.9. The van der Waals surface area contributed by atoms with Crippen LogP contribution in [0.15, 0.2) is 0 Å². The van der Waals surface area contributed by atoms with Gasteiger partial charge in [0.25, 0.3) is 0 Å². The van der Waals surface area contributed by atoms with Crippen LogP contribution in [0.4, 0.5) is 4.79 Å². The normalized spacial score (nSPS) is 29.5. The topological polar surface area (TPSA) is 38.3 Å². The van der Waals surface area contributed by atoms with Gasteiger partial charge in [0.15, 0.2) is 0 Å². The van der Waals surface area contributed by atoms with E-state index in [0.717, 1.165) is 12.8 Å². The molecule has 1 aliphatic rings. The number of nitrogens with one attached hydrogen (secondary N) is 1. The fourth-order valence-electron chi connectivity index (χ4n) is 1.49. The molecule has 0 saturated heterocycles. The van der Waals surface area contributed by atoms with Gasteiger partial charge < -0.3 is 10.1 Å². The van der Waals surface area contributed by atoms with Gasteiger partial charge in [-0.3, -0.25) is 0 Å². The standard InChI is InChI=1S/C8H15NO2S/c1-11-8(10)9-6-4-2-3-5-7(6)12/h6-7,12H,2-5H2,1H3,(H,9,10). The largest absolute Gasteiger partial charge is 0.453 e. The van der Waals surface area contributed by atoms with Gasteiger partial charge in [-0.05, 0) is 12.8 Å². The monoisotopic (exact) mass is 189 g/mol. The first kappa shape index (κ1) is 9.71. The van der Waals surface area contributed by atoms with Crippen molar-refractivity contribution in [3.63, 3.8) is 0 Å². The van der Waals surface area contributed by atoms with E-state index in [1.807, 2.05) is 0 Å². The number of carbonyl (C=O) groups is 1. The number of rotatable bonds is 1. The molecule has 3 nitrogen and oxygen atoms in total. The molecule has 0 heterocycles. The maximum Gasteiger partial charge on any atom is 0.407 e. The van der Waals surface area contributed by atoms with Crippen molar-refractivity contribution in [1.29, 1.82) is 0 Å². The molecule has 0 aromatic carbocycles. The van der Waals surface area contributed by atoms with E-state index in [0.29, 0.717) is 0 Å². The molecular formula is C8H15NO2S. The van der Waals surface area contributed by atoms with E-state index in [1.54, 1.807) is 0 Å². The quantitative estimate of drug-likeness (QED) is 0.615. The molecule has 12 heavy (non-hydrogen) atoms. The lowest BCUT2D eigenvalue weighted by Gasteiger charge is -2.27. The minimum Gasteiger partial charge on any atom is -0.453 e. The fourth-order valence-corrected chi connectivity index (χ4v) is 1.90.